The summed E-state index contributed by atoms with van der Waals surface area (Å²) in [5, 5.41) is 0.665. The molecule has 2 saturated heterocycles. The third kappa shape index (κ3) is 4.64. The first kappa shape index (κ1) is 23.0. The van der Waals surface area contributed by atoms with Crippen molar-refractivity contribution in [2.24, 2.45) is 0 Å². The Bertz CT molecular complexity index is 1110. The third-order valence-corrected chi connectivity index (χ3v) is 8.26. The molecule has 32 heavy (non-hydrogen) atoms. The van der Waals surface area contributed by atoms with E-state index in [-0.39, 0.29) is 10.8 Å². The number of benzene rings is 2. The molecule has 2 heterocycles. The van der Waals surface area contributed by atoms with Crippen LogP contribution in [0.2, 0.25) is 5.02 Å². The van der Waals surface area contributed by atoms with E-state index >= 15 is 0 Å². The van der Waals surface area contributed by atoms with Crippen LogP contribution < -0.4 is 4.90 Å². The largest absolute Gasteiger partial charge is 0.378 e. The second-order valence-corrected chi connectivity index (χ2v) is 10.6. The van der Waals surface area contributed by atoms with Gasteiger partial charge in [0, 0.05) is 55.5 Å². The minimum atomic E-state index is -3.70. The lowest BCUT2D eigenvalue weighted by Crippen LogP contribution is -2.48. The summed E-state index contributed by atoms with van der Waals surface area (Å²) in [7, 11) is -3.70. The topological polar surface area (TPSA) is 70.2 Å². The van der Waals surface area contributed by atoms with Crippen LogP contribution in [0.1, 0.15) is 21.5 Å². The number of sulfonamides is 1. The van der Waals surface area contributed by atoms with E-state index in [2.05, 4.69) is 4.90 Å². The van der Waals surface area contributed by atoms with Gasteiger partial charge in [0.25, 0.3) is 5.91 Å². The molecule has 2 fully saturated rings. The number of morpholine rings is 1. The smallest absolute Gasteiger partial charge is 0.254 e. The first-order valence-electron chi connectivity index (χ1n) is 10.8. The number of piperazine rings is 1. The highest BCUT2D eigenvalue weighted by Gasteiger charge is 2.30. The molecular weight excluding hydrogens is 450 g/mol. The summed E-state index contributed by atoms with van der Waals surface area (Å²) in [6.07, 6.45) is 0. The monoisotopic (exact) mass is 477 g/mol. The van der Waals surface area contributed by atoms with Gasteiger partial charge in [0.2, 0.25) is 10.0 Å². The molecule has 4 rings (SSSR count). The van der Waals surface area contributed by atoms with Crippen molar-refractivity contribution in [3.63, 3.8) is 0 Å². The number of carbonyl (C=O) groups is 1. The number of hydrogen-bond acceptors (Lipinski definition) is 5. The van der Waals surface area contributed by atoms with E-state index in [1.807, 2.05) is 32.0 Å². The highest BCUT2D eigenvalue weighted by atomic mass is 35.5. The van der Waals surface area contributed by atoms with Crippen molar-refractivity contribution in [2.45, 2.75) is 18.7 Å². The second kappa shape index (κ2) is 9.39. The number of carbonyl (C=O) groups excluding carboxylic acids is 1. The third-order valence-electron chi connectivity index (χ3n) is 6.13. The van der Waals surface area contributed by atoms with Crippen LogP contribution in [0.5, 0.6) is 0 Å². The molecule has 1 amide bonds. The van der Waals surface area contributed by atoms with Crippen LogP contribution in [-0.2, 0) is 14.8 Å². The van der Waals surface area contributed by atoms with E-state index < -0.39 is 10.0 Å². The van der Waals surface area contributed by atoms with Crippen LogP contribution in [0.15, 0.2) is 41.3 Å². The van der Waals surface area contributed by atoms with Gasteiger partial charge in [-0.2, -0.15) is 4.31 Å². The maximum atomic E-state index is 13.4. The van der Waals surface area contributed by atoms with Crippen LogP contribution in [0.4, 0.5) is 5.69 Å². The quantitative estimate of drug-likeness (QED) is 0.677. The van der Waals surface area contributed by atoms with Gasteiger partial charge in [0.1, 0.15) is 0 Å². The number of aryl methyl sites for hydroxylation is 2. The Labute approximate surface area is 194 Å². The summed E-state index contributed by atoms with van der Waals surface area (Å²) in [5.41, 5.74) is 3.33. The zero-order valence-electron chi connectivity index (χ0n) is 18.4. The maximum Gasteiger partial charge on any atom is 0.254 e. The van der Waals surface area contributed by atoms with Gasteiger partial charge in [0.05, 0.1) is 18.1 Å². The Hall–Kier alpha value is -2.13. The van der Waals surface area contributed by atoms with Gasteiger partial charge in [-0.05, 0) is 49.2 Å². The molecule has 0 bridgehead atoms. The van der Waals surface area contributed by atoms with Gasteiger partial charge in [-0.1, -0.05) is 23.7 Å². The highest BCUT2D eigenvalue weighted by Crippen LogP contribution is 2.27. The second-order valence-electron chi connectivity index (χ2n) is 8.20. The van der Waals surface area contributed by atoms with Gasteiger partial charge >= 0.3 is 0 Å². The number of amides is 1. The van der Waals surface area contributed by atoms with E-state index in [1.54, 1.807) is 17.0 Å². The Morgan fingerprint density at radius 3 is 2.25 bits per heavy atom. The van der Waals surface area contributed by atoms with Crippen molar-refractivity contribution in [2.75, 3.05) is 57.4 Å². The predicted octanol–water partition coefficient (Wildman–Crippen LogP) is 2.94. The molecule has 7 nitrogen and oxygen atoms in total. The molecule has 2 aromatic rings. The molecule has 172 valence electrons. The fourth-order valence-corrected chi connectivity index (χ4v) is 5.79. The maximum absolute atomic E-state index is 13.4. The van der Waals surface area contributed by atoms with E-state index in [1.165, 1.54) is 10.4 Å². The number of halogens is 1. The van der Waals surface area contributed by atoms with Gasteiger partial charge < -0.3 is 14.5 Å². The molecule has 0 aromatic heterocycles. The molecule has 0 saturated carbocycles. The fourth-order valence-electron chi connectivity index (χ4n) is 4.17. The molecule has 0 unspecified atom stereocenters. The SMILES string of the molecule is Cc1ccc(S(=O)(=O)N2CCN(c3cc(Cl)ccc3C)CC2)cc1C(=O)N1CCOCC1. The van der Waals surface area contributed by atoms with E-state index in [0.717, 1.165) is 16.8 Å². The lowest BCUT2D eigenvalue weighted by atomic mass is 10.1. The average Bonchev–Trinajstić information content (AvgIpc) is 2.81. The van der Waals surface area contributed by atoms with Crippen molar-refractivity contribution in [1.82, 2.24) is 9.21 Å². The number of nitrogens with zero attached hydrogens (tertiary/aromatic N) is 3. The Morgan fingerprint density at radius 1 is 0.906 bits per heavy atom. The molecule has 0 spiro atoms. The normalized spacial score (nSPS) is 18.1. The van der Waals surface area contributed by atoms with Crippen LogP contribution in [0, 0.1) is 13.8 Å². The first-order chi connectivity index (χ1) is 15.3. The molecular formula is C23H28ClN3O4S. The van der Waals surface area contributed by atoms with E-state index in [0.29, 0.717) is 63.1 Å². The summed E-state index contributed by atoms with van der Waals surface area (Å²) in [6.45, 7) is 7.77. The first-order valence-corrected chi connectivity index (χ1v) is 12.6. The van der Waals surface area contributed by atoms with Crippen LogP contribution >= 0.6 is 11.6 Å². The molecule has 9 heteroatoms. The van der Waals surface area contributed by atoms with Gasteiger partial charge in [-0.25, -0.2) is 8.42 Å². The molecule has 0 atom stereocenters. The van der Waals surface area contributed by atoms with Gasteiger partial charge in [-0.3, -0.25) is 4.79 Å². The van der Waals surface area contributed by atoms with Crippen molar-refractivity contribution < 1.29 is 17.9 Å². The number of rotatable bonds is 4. The number of hydrogen-bond donors (Lipinski definition) is 0. The summed E-state index contributed by atoms with van der Waals surface area (Å²) in [6, 6.07) is 10.6. The molecule has 2 aromatic carbocycles. The lowest BCUT2D eigenvalue weighted by molar-refractivity contribution is 0.0302. The van der Waals surface area contributed by atoms with Crippen molar-refractivity contribution in [1.29, 1.82) is 0 Å². The Morgan fingerprint density at radius 2 is 1.56 bits per heavy atom. The van der Waals surface area contributed by atoms with Crippen LogP contribution in [-0.4, -0.2) is 76.0 Å². The van der Waals surface area contributed by atoms with Crippen LogP contribution in [0.3, 0.4) is 0 Å². The zero-order valence-corrected chi connectivity index (χ0v) is 20.0. The van der Waals surface area contributed by atoms with E-state index in [4.69, 9.17) is 16.3 Å². The number of anilines is 1. The lowest BCUT2D eigenvalue weighted by Gasteiger charge is -2.36. The fraction of sp³-hybridized carbons (Fsp3) is 0.435. The molecule has 0 N–H and O–H groups in total. The Balaban J connectivity index is 1.51. The van der Waals surface area contributed by atoms with Gasteiger partial charge in [-0.15, -0.1) is 0 Å². The Kier molecular flexibility index (Phi) is 6.76. The summed E-state index contributed by atoms with van der Waals surface area (Å²) >= 11 is 6.16. The summed E-state index contributed by atoms with van der Waals surface area (Å²) in [5.74, 6) is -0.149. The molecule has 0 aliphatic carbocycles. The standard InChI is InChI=1S/C23H28ClN3O4S/c1-17-4-6-20(16-21(17)23(28)26-11-13-31-14-12-26)32(29,30)27-9-7-25(8-10-27)22-15-19(24)5-3-18(22)2/h3-6,15-16H,7-14H2,1-2H3. The van der Waals surface area contributed by atoms with Crippen molar-refractivity contribution >= 4 is 33.2 Å². The van der Waals surface area contributed by atoms with Crippen molar-refractivity contribution in [3.05, 3.63) is 58.1 Å². The zero-order chi connectivity index (χ0) is 22.9. The molecule has 2 aliphatic rings. The predicted molar refractivity (Wildman–Crippen MR) is 125 cm³/mol. The van der Waals surface area contributed by atoms with Gasteiger partial charge in [0.15, 0.2) is 0 Å². The summed E-state index contributed by atoms with van der Waals surface area (Å²) in [4.78, 5) is 17.0. The molecule has 0 radical (unpaired) electrons. The van der Waals surface area contributed by atoms with E-state index in [9.17, 15) is 13.2 Å². The highest BCUT2D eigenvalue weighted by molar-refractivity contribution is 7.89. The summed E-state index contributed by atoms with van der Waals surface area (Å²) < 4.78 is 33.5. The van der Waals surface area contributed by atoms with Crippen LogP contribution in [0.25, 0.3) is 0 Å². The minimum Gasteiger partial charge on any atom is -0.378 e. The van der Waals surface area contributed by atoms with Crippen molar-refractivity contribution in [3.8, 4) is 0 Å². The minimum absolute atomic E-state index is 0.149. The number of ether oxygens (including phenoxy) is 1. The average molecular weight is 478 g/mol. The molecule has 2 aliphatic heterocycles.